The molecule has 0 atom stereocenters. The van der Waals surface area contributed by atoms with E-state index in [9.17, 15) is 14.4 Å². The number of aliphatic hydroxyl groups is 3. The van der Waals surface area contributed by atoms with Crippen molar-refractivity contribution in [3.8, 4) is 0 Å². The first-order valence-corrected chi connectivity index (χ1v) is 6.38. The van der Waals surface area contributed by atoms with Gasteiger partial charge < -0.3 is 30.6 Å². The third kappa shape index (κ3) is 13.0. The predicted octanol–water partition coefficient (Wildman–Crippen LogP) is -0.693. The number of rotatable bonds is 10. The SMILES string of the molecule is O=C(O)C=CCC(CO)(CO)CO.O=C(O)CCCC(=O)O. The number of carboxylic acid groups (broad SMARTS) is 3. The Balaban J connectivity index is 0. The maximum absolute atomic E-state index is 10.1. The maximum Gasteiger partial charge on any atom is 0.327 e. The molecule has 0 rings (SSSR count). The average molecular weight is 322 g/mol. The fourth-order valence-electron chi connectivity index (χ4n) is 1.14. The van der Waals surface area contributed by atoms with Gasteiger partial charge in [0, 0.05) is 24.3 Å². The highest BCUT2D eigenvalue weighted by atomic mass is 16.4. The van der Waals surface area contributed by atoms with Gasteiger partial charge >= 0.3 is 17.9 Å². The molecule has 9 nitrogen and oxygen atoms in total. The summed E-state index contributed by atoms with van der Waals surface area (Å²) < 4.78 is 0. The number of carbonyl (C=O) groups is 3. The van der Waals surface area contributed by atoms with Crippen molar-refractivity contribution >= 4 is 17.9 Å². The summed E-state index contributed by atoms with van der Waals surface area (Å²) in [5.74, 6) is -2.99. The van der Waals surface area contributed by atoms with Crippen molar-refractivity contribution in [3.05, 3.63) is 12.2 Å². The van der Waals surface area contributed by atoms with Gasteiger partial charge in [-0.15, -0.1) is 0 Å². The van der Waals surface area contributed by atoms with Crippen LogP contribution in [0, 0.1) is 5.41 Å². The van der Waals surface area contributed by atoms with Gasteiger partial charge in [-0.3, -0.25) is 9.59 Å². The molecule has 0 aromatic heterocycles. The van der Waals surface area contributed by atoms with Crippen molar-refractivity contribution in [2.24, 2.45) is 5.41 Å². The topological polar surface area (TPSA) is 173 Å². The van der Waals surface area contributed by atoms with Crippen LogP contribution in [0.3, 0.4) is 0 Å². The van der Waals surface area contributed by atoms with Gasteiger partial charge in [-0.2, -0.15) is 0 Å². The number of aliphatic hydroxyl groups excluding tert-OH is 3. The second-order valence-corrected chi connectivity index (χ2v) is 4.56. The minimum absolute atomic E-state index is 0.0632. The molecule has 0 bridgehead atoms. The molecule has 22 heavy (non-hydrogen) atoms. The highest BCUT2D eigenvalue weighted by molar-refractivity contribution is 5.79. The normalized spacial score (nSPS) is 10.9. The number of hydrogen-bond donors (Lipinski definition) is 6. The summed E-state index contributed by atoms with van der Waals surface area (Å²) in [6.07, 6.45) is 2.42. The largest absolute Gasteiger partial charge is 0.481 e. The van der Waals surface area contributed by atoms with E-state index >= 15 is 0 Å². The quantitative estimate of drug-likeness (QED) is 0.284. The Morgan fingerprint density at radius 3 is 1.50 bits per heavy atom. The van der Waals surface area contributed by atoms with E-state index in [1.807, 2.05) is 0 Å². The van der Waals surface area contributed by atoms with Crippen LogP contribution in [0.4, 0.5) is 0 Å². The molecule has 0 heterocycles. The van der Waals surface area contributed by atoms with E-state index in [0.717, 1.165) is 6.08 Å². The molecular weight excluding hydrogens is 300 g/mol. The predicted molar refractivity (Wildman–Crippen MR) is 74.2 cm³/mol. The molecular formula is C13H22O9. The van der Waals surface area contributed by atoms with E-state index in [4.69, 9.17) is 30.6 Å². The molecule has 0 amide bonds. The van der Waals surface area contributed by atoms with Crippen LogP contribution in [-0.2, 0) is 14.4 Å². The lowest BCUT2D eigenvalue weighted by molar-refractivity contribution is -0.138. The number of aliphatic carboxylic acids is 3. The van der Waals surface area contributed by atoms with Crippen molar-refractivity contribution in [1.82, 2.24) is 0 Å². The first kappa shape index (κ1) is 22.3. The van der Waals surface area contributed by atoms with Crippen LogP contribution in [0.1, 0.15) is 25.7 Å². The molecule has 0 saturated heterocycles. The zero-order valence-electron chi connectivity index (χ0n) is 12.0. The lowest BCUT2D eigenvalue weighted by Gasteiger charge is -2.25. The highest BCUT2D eigenvalue weighted by Crippen LogP contribution is 2.20. The zero-order chi connectivity index (χ0) is 17.6. The number of carboxylic acids is 3. The van der Waals surface area contributed by atoms with Gasteiger partial charge in [0.05, 0.1) is 19.8 Å². The van der Waals surface area contributed by atoms with Crippen molar-refractivity contribution in [3.63, 3.8) is 0 Å². The summed E-state index contributed by atoms with van der Waals surface area (Å²) in [6.45, 7) is -1.15. The van der Waals surface area contributed by atoms with Crippen LogP contribution in [0.25, 0.3) is 0 Å². The Hall–Kier alpha value is -1.97. The van der Waals surface area contributed by atoms with E-state index in [0.29, 0.717) is 0 Å². The van der Waals surface area contributed by atoms with Crippen LogP contribution in [-0.4, -0.2) is 68.4 Å². The maximum atomic E-state index is 10.1. The molecule has 0 radical (unpaired) electrons. The minimum Gasteiger partial charge on any atom is -0.481 e. The fraction of sp³-hybridized carbons (Fsp3) is 0.615. The summed E-state index contributed by atoms with van der Waals surface area (Å²) in [4.78, 5) is 29.7. The van der Waals surface area contributed by atoms with Gasteiger partial charge in [0.25, 0.3) is 0 Å². The lowest BCUT2D eigenvalue weighted by atomic mass is 9.87. The Bertz CT molecular complexity index is 349. The van der Waals surface area contributed by atoms with Crippen molar-refractivity contribution in [2.75, 3.05) is 19.8 Å². The van der Waals surface area contributed by atoms with Gasteiger partial charge in [-0.05, 0) is 12.8 Å². The third-order valence-corrected chi connectivity index (χ3v) is 2.60. The van der Waals surface area contributed by atoms with Crippen LogP contribution in [0.15, 0.2) is 12.2 Å². The fourth-order valence-corrected chi connectivity index (χ4v) is 1.14. The number of allylic oxidation sites excluding steroid dienone is 1. The van der Waals surface area contributed by atoms with E-state index in [-0.39, 0.29) is 45.5 Å². The van der Waals surface area contributed by atoms with Crippen LogP contribution in [0.2, 0.25) is 0 Å². The molecule has 128 valence electrons. The van der Waals surface area contributed by atoms with E-state index in [1.165, 1.54) is 6.08 Å². The summed E-state index contributed by atoms with van der Waals surface area (Å²) >= 11 is 0. The third-order valence-electron chi connectivity index (χ3n) is 2.60. The molecule has 0 spiro atoms. The Morgan fingerprint density at radius 2 is 1.23 bits per heavy atom. The van der Waals surface area contributed by atoms with Gasteiger partial charge in [0.1, 0.15) is 0 Å². The monoisotopic (exact) mass is 322 g/mol. The second-order valence-electron chi connectivity index (χ2n) is 4.56. The molecule has 0 aromatic carbocycles. The van der Waals surface area contributed by atoms with Gasteiger partial charge in [-0.25, -0.2) is 4.79 Å². The first-order chi connectivity index (χ1) is 10.2. The van der Waals surface area contributed by atoms with Gasteiger partial charge in [-0.1, -0.05) is 6.08 Å². The van der Waals surface area contributed by atoms with Crippen molar-refractivity contribution in [2.45, 2.75) is 25.7 Å². The summed E-state index contributed by atoms with van der Waals surface area (Å²) in [6, 6.07) is 0. The van der Waals surface area contributed by atoms with Crippen molar-refractivity contribution < 1.29 is 45.0 Å². The average Bonchev–Trinajstić information content (AvgIpc) is 2.44. The number of hydrogen-bond acceptors (Lipinski definition) is 6. The lowest BCUT2D eigenvalue weighted by Crippen LogP contribution is -2.33. The Kier molecular flexibility index (Phi) is 12.9. The summed E-state index contributed by atoms with van der Waals surface area (Å²) in [7, 11) is 0. The molecule has 9 heteroatoms. The van der Waals surface area contributed by atoms with E-state index < -0.39 is 23.3 Å². The first-order valence-electron chi connectivity index (χ1n) is 6.38. The van der Waals surface area contributed by atoms with Crippen LogP contribution in [0.5, 0.6) is 0 Å². The molecule has 0 aromatic rings. The van der Waals surface area contributed by atoms with E-state index in [2.05, 4.69) is 0 Å². The summed E-state index contributed by atoms with van der Waals surface area (Å²) in [5, 5.41) is 50.8. The molecule has 0 unspecified atom stereocenters. The molecule has 0 fully saturated rings. The van der Waals surface area contributed by atoms with Gasteiger partial charge in [0.15, 0.2) is 0 Å². The molecule has 6 N–H and O–H groups in total. The van der Waals surface area contributed by atoms with Crippen LogP contribution < -0.4 is 0 Å². The molecule has 0 aliphatic carbocycles. The highest BCUT2D eigenvalue weighted by Gasteiger charge is 2.26. The van der Waals surface area contributed by atoms with Gasteiger partial charge in [0.2, 0.25) is 0 Å². The van der Waals surface area contributed by atoms with Crippen LogP contribution >= 0.6 is 0 Å². The Morgan fingerprint density at radius 1 is 0.818 bits per heavy atom. The minimum atomic E-state index is -1.09. The Labute approximate surface area is 127 Å². The zero-order valence-corrected chi connectivity index (χ0v) is 12.0. The summed E-state index contributed by atoms with van der Waals surface area (Å²) in [5.41, 5.74) is -1.02. The standard InChI is InChI=1S/C8H14O5.C5H8O4/c9-4-8(5-10,6-11)3-1-2-7(12)13;6-4(7)2-1-3-5(8)9/h1-2,9-11H,3-6H2,(H,12,13);1-3H2,(H,6,7)(H,8,9). The van der Waals surface area contributed by atoms with Crippen molar-refractivity contribution in [1.29, 1.82) is 0 Å². The second kappa shape index (κ2) is 12.7. The molecule has 0 aliphatic heterocycles. The molecule has 0 saturated carbocycles. The molecule has 0 aliphatic rings. The van der Waals surface area contributed by atoms with E-state index in [1.54, 1.807) is 0 Å². The smallest absolute Gasteiger partial charge is 0.327 e.